The Morgan fingerprint density at radius 1 is 1.26 bits per heavy atom. The third-order valence-corrected chi connectivity index (χ3v) is 7.13. The van der Waals surface area contributed by atoms with Gasteiger partial charge in [-0.3, -0.25) is 4.90 Å². The molecule has 6 heteroatoms. The summed E-state index contributed by atoms with van der Waals surface area (Å²) in [4.78, 5) is 4.08. The van der Waals surface area contributed by atoms with Crippen LogP contribution in [0.3, 0.4) is 0 Å². The maximum atomic E-state index is 6.11. The number of nitrogens with one attached hydrogen (secondary N) is 1. The van der Waals surface area contributed by atoms with Gasteiger partial charge in [-0.1, -0.05) is 11.6 Å². The Hall–Kier alpha value is -0.100. The summed E-state index contributed by atoms with van der Waals surface area (Å²) in [5.74, 6) is 0. The molecule has 1 saturated carbocycles. The van der Waals surface area contributed by atoms with Crippen molar-refractivity contribution in [2.45, 2.75) is 38.4 Å². The molecule has 1 saturated heterocycles. The van der Waals surface area contributed by atoms with Crippen molar-refractivity contribution in [2.24, 2.45) is 5.41 Å². The van der Waals surface area contributed by atoms with Gasteiger partial charge in [-0.05, 0) is 66.2 Å². The second-order valence-corrected chi connectivity index (χ2v) is 8.81. The van der Waals surface area contributed by atoms with Crippen molar-refractivity contribution in [1.29, 1.82) is 0 Å². The molecular weight excluding hydrogens is 367 g/mol. The van der Waals surface area contributed by atoms with Gasteiger partial charge in [0.2, 0.25) is 0 Å². The van der Waals surface area contributed by atoms with E-state index in [4.69, 9.17) is 11.6 Å². The Bertz CT molecular complexity index is 620. The summed E-state index contributed by atoms with van der Waals surface area (Å²) in [6.45, 7) is 4.48. The molecular formula is C17H22Cl2N2S2. The summed E-state index contributed by atoms with van der Waals surface area (Å²) in [7, 11) is 0. The highest BCUT2D eigenvalue weighted by Crippen LogP contribution is 2.56. The molecule has 1 aliphatic heterocycles. The summed E-state index contributed by atoms with van der Waals surface area (Å²) < 4.78 is 0. The number of hydrogen-bond donors (Lipinski definition) is 1. The summed E-state index contributed by atoms with van der Waals surface area (Å²) in [6.07, 6.45) is 4.05. The van der Waals surface area contributed by atoms with Crippen LogP contribution in [0.5, 0.6) is 0 Å². The third kappa shape index (κ3) is 3.94. The predicted octanol–water partition coefficient (Wildman–Crippen LogP) is 5.03. The van der Waals surface area contributed by atoms with E-state index in [-0.39, 0.29) is 12.4 Å². The number of nitrogens with zero attached hydrogens (tertiary/aromatic N) is 1. The predicted molar refractivity (Wildman–Crippen MR) is 103 cm³/mol. The molecule has 2 nitrogen and oxygen atoms in total. The van der Waals surface area contributed by atoms with Gasteiger partial charge >= 0.3 is 0 Å². The van der Waals surface area contributed by atoms with Crippen molar-refractivity contribution in [3.63, 3.8) is 0 Å². The summed E-state index contributed by atoms with van der Waals surface area (Å²) >= 11 is 9.69. The molecule has 0 radical (unpaired) electrons. The van der Waals surface area contributed by atoms with Crippen LogP contribution in [-0.4, -0.2) is 24.0 Å². The molecule has 1 spiro atoms. The lowest BCUT2D eigenvalue weighted by Gasteiger charge is -2.29. The highest BCUT2D eigenvalue weighted by molar-refractivity contribution is 7.10. The van der Waals surface area contributed by atoms with Crippen LogP contribution in [0.4, 0.5) is 0 Å². The van der Waals surface area contributed by atoms with Crippen molar-refractivity contribution in [3.8, 4) is 0 Å². The smallest absolute Gasteiger partial charge is 0.0516 e. The Balaban J connectivity index is 0.00000156. The van der Waals surface area contributed by atoms with Gasteiger partial charge in [0.05, 0.1) is 5.02 Å². The number of thiophene rings is 2. The number of hydrogen-bond acceptors (Lipinski definition) is 4. The number of piperidine rings is 1. The van der Waals surface area contributed by atoms with E-state index in [0.717, 1.165) is 24.2 Å². The average molecular weight is 389 g/mol. The lowest BCUT2D eigenvalue weighted by molar-refractivity contribution is 0.189. The summed E-state index contributed by atoms with van der Waals surface area (Å²) in [6, 6.07) is 5.14. The molecule has 126 valence electrons. The van der Waals surface area contributed by atoms with Gasteiger partial charge in [0.15, 0.2) is 0 Å². The van der Waals surface area contributed by atoms with Crippen molar-refractivity contribution in [3.05, 3.63) is 43.7 Å². The lowest BCUT2D eigenvalue weighted by atomic mass is 9.93. The van der Waals surface area contributed by atoms with Gasteiger partial charge in [-0.25, -0.2) is 0 Å². The topological polar surface area (TPSA) is 15.3 Å². The first-order valence-corrected chi connectivity index (χ1v) is 10.1. The minimum absolute atomic E-state index is 0. The van der Waals surface area contributed by atoms with Crippen LogP contribution in [-0.2, 0) is 13.1 Å². The van der Waals surface area contributed by atoms with Crippen LogP contribution >= 0.6 is 46.7 Å². The summed E-state index contributed by atoms with van der Waals surface area (Å²) in [5.41, 5.74) is 2.03. The van der Waals surface area contributed by atoms with Crippen LogP contribution < -0.4 is 5.32 Å². The molecule has 0 aromatic carbocycles. The number of halogens is 2. The first-order chi connectivity index (χ1) is 10.8. The Kier molecular flexibility index (Phi) is 5.72. The quantitative estimate of drug-likeness (QED) is 0.772. The van der Waals surface area contributed by atoms with Crippen LogP contribution in [0.15, 0.2) is 28.3 Å². The molecule has 23 heavy (non-hydrogen) atoms. The second kappa shape index (κ2) is 7.42. The van der Waals surface area contributed by atoms with Gasteiger partial charge in [0.25, 0.3) is 0 Å². The van der Waals surface area contributed by atoms with Gasteiger partial charge in [0.1, 0.15) is 0 Å². The minimum Gasteiger partial charge on any atom is -0.317 e. The normalized spacial score (nSPS) is 22.3. The van der Waals surface area contributed by atoms with Gasteiger partial charge in [0, 0.05) is 29.4 Å². The zero-order valence-corrected chi connectivity index (χ0v) is 16.2. The minimum atomic E-state index is 0. The van der Waals surface area contributed by atoms with Crippen molar-refractivity contribution >= 4 is 46.7 Å². The van der Waals surface area contributed by atoms with Crippen LogP contribution in [0.2, 0.25) is 5.02 Å². The molecule has 0 amide bonds. The largest absolute Gasteiger partial charge is 0.317 e. The molecule has 1 atom stereocenters. The molecule has 1 unspecified atom stereocenters. The van der Waals surface area contributed by atoms with E-state index in [2.05, 4.69) is 33.1 Å². The fourth-order valence-corrected chi connectivity index (χ4v) is 5.59. The van der Waals surface area contributed by atoms with Crippen molar-refractivity contribution < 1.29 is 0 Å². The van der Waals surface area contributed by atoms with Crippen molar-refractivity contribution in [1.82, 2.24) is 10.2 Å². The molecule has 2 fully saturated rings. The van der Waals surface area contributed by atoms with Crippen molar-refractivity contribution in [2.75, 3.05) is 13.1 Å². The van der Waals surface area contributed by atoms with E-state index in [1.165, 1.54) is 42.8 Å². The van der Waals surface area contributed by atoms with E-state index in [0.29, 0.717) is 5.41 Å². The van der Waals surface area contributed by atoms with Crippen LogP contribution in [0.1, 0.15) is 29.7 Å². The Morgan fingerprint density at radius 3 is 2.74 bits per heavy atom. The SMILES string of the molecule is Cl.Clc1csc(CN(Cc2ccsc2)C2CC23CCNCC3)c1. The number of rotatable bonds is 5. The Morgan fingerprint density at radius 2 is 2.09 bits per heavy atom. The standard InChI is InChI=1S/C17H21ClN2S2.ClH/c18-14-7-15(22-12-14)10-20(9-13-1-6-21-11-13)16-8-17(16)2-4-19-5-3-17;/h1,6-7,11-12,16,19H,2-5,8-10H2;1H. The second-order valence-electron chi connectivity index (χ2n) is 6.60. The van der Waals surface area contributed by atoms with Crippen LogP contribution in [0.25, 0.3) is 0 Å². The summed E-state index contributed by atoms with van der Waals surface area (Å²) in [5, 5.41) is 10.9. The maximum absolute atomic E-state index is 6.11. The molecule has 2 aromatic rings. The Labute approximate surface area is 157 Å². The van der Waals surface area contributed by atoms with Crippen LogP contribution in [0, 0.1) is 5.41 Å². The zero-order chi connectivity index (χ0) is 15.0. The first kappa shape index (κ1) is 17.7. The molecule has 3 heterocycles. The van der Waals surface area contributed by atoms with E-state index in [9.17, 15) is 0 Å². The average Bonchev–Trinajstić information content (AvgIpc) is 2.90. The van der Waals surface area contributed by atoms with Gasteiger partial charge in [-0.15, -0.1) is 23.7 Å². The van der Waals surface area contributed by atoms with E-state index < -0.39 is 0 Å². The van der Waals surface area contributed by atoms with E-state index >= 15 is 0 Å². The van der Waals surface area contributed by atoms with E-state index in [1.807, 2.05) is 5.38 Å². The highest BCUT2D eigenvalue weighted by atomic mass is 35.5. The first-order valence-electron chi connectivity index (χ1n) is 7.94. The highest BCUT2D eigenvalue weighted by Gasteiger charge is 2.56. The lowest BCUT2D eigenvalue weighted by Crippen LogP contribution is -2.35. The van der Waals surface area contributed by atoms with Gasteiger partial charge in [-0.2, -0.15) is 11.3 Å². The van der Waals surface area contributed by atoms with Gasteiger partial charge < -0.3 is 5.32 Å². The molecule has 1 N–H and O–H groups in total. The maximum Gasteiger partial charge on any atom is 0.0516 e. The molecule has 1 aliphatic carbocycles. The third-order valence-electron chi connectivity index (χ3n) is 5.13. The molecule has 0 bridgehead atoms. The molecule has 2 aromatic heterocycles. The molecule has 4 rings (SSSR count). The monoisotopic (exact) mass is 388 g/mol. The van der Waals surface area contributed by atoms with E-state index in [1.54, 1.807) is 22.7 Å². The fourth-order valence-electron chi connectivity index (χ4n) is 3.83. The molecule has 2 aliphatic rings. The zero-order valence-electron chi connectivity index (χ0n) is 13.0. The fraction of sp³-hybridized carbons (Fsp3) is 0.529.